The van der Waals surface area contributed by atoms with E-state index in [2.05, 4.69) is 15.3 Å². The van der Waals surface area contributed by atoms with Crippen LogP contribution in [0.1, 0.15) is 49.3 Å². The summed E-state index contributed by atoms with van der Waals surface area (Å²) in [6, 6.07) is 5.48. The summed E-state index contributed by atoms with van der Waals surface area (Å²) in [5.41, 5.74) is 9.58. The largest absolute Gasteiger partial charge is 0.495 e. The third kappa shape index (κ3) is 4.33. The zero-order valence-electron chi connectivity index (χ0n) is 16.8. The van der Waals surface area contributed by atoms with Crippen molar-refractivity contribution in [2.45, 2.75) is 44.6 Å². The molecule has 0 spiro atoms. The molecule has 8 nitrogen and oxygen atoms in total. The number of nitrogens with two attached hydrogens (primary N) is 1. The number of ether oxygens (including phenoxy) is 1. The highest BCUT2D eigenvalue weighted by atomic mass is 16.5. The van der Waals surface area contributed by atoms with Gasteiger partial charge >= 0.3 is 0 Å². The summed E-state index contributed by atoms with van der Waals surface area (Å²) in [6.07, 6.45) is 8.20. The average molecular weight is 396 g/mol. The van der Waals surface area contributed by atoms with Crippen molar-refractivity contribution in [3.63, 3.8) is 0 Å². The maximum Gasteiger partial charge on any atom is 0.157 e. The third-order valence-electron chi connectivity index (χ3n) is 5.32. The number of fused-ring (bicyclic) bond motifs is 1. The molecule has 1 saturated carbocycles. The fourth-order valence-electron chi connectivity index (χ4n) is 3.47. The first kappa shape index (κ1) is 19.6. The minimum atomic E-state index is -0.131. The first-order chi connectivity index (χ1) is 14.2. The minimum absolute atomic E-state index is 0.131. The van der Waals surface area contributed by atoms with Gasteiger partial charge in [0, 0.05) is 17.5 Å². The molecule has 5 rings (SSSR count). The van der Waals surface area contributed by atoms with Gasteiger partial charge in [-0.15, -0.1) is 0 Å². The Labute approximate surface area is 170 Å². The second-order valence-corrected chi connectivity index (χ2v) is 7.50. The van der Waals surface area contributed by atoms with E-state index in [0.717, 1.165) is 30.0 Å². The lowest BCUT2D eigenvalue weighted by molar-refractivity contribution is 0.282. The molecular weight excluding hydrogens is 368 g/mol. The Morgan fingerprint density at radius 1 is 1.24 bits per heavy atom. The van der Waals surface area contributed by atoms with E-state index >= 15 is 0 Å². The molecule has 2 aliphatic rings. The Bertz CT molecular complexity index is 967. The van der Waals surface area contributed by atoms with Crippen molar-refractivity contribution in [1.82, 2.24) is 24.9 Å². The molecule has 8 heteroatoms. The van der Waals surface area contributed by atoms with Crippen molar-refractivity contribution >= 4 is 11.5 Å². The molecule has 0 bridgehead atoms. The maximum absolute atomic E-state index is 9.21. The van der Waals surface area contributed by atoms with Crippen molar-refractivity contribution in [3.8, 4) is 17.1 Å². The molecule has 0 amide bonds. The average Bonchev–Trinajstić information content (AvgIpc) is 3.54. The molecule has 1 aliphatic heterocycles. The van der Waals surface area contributed by atoms with Crippen molar-refractivity contribution in [1.29, 1.82) is 0 Å². The number of hydrogen-bond acceptors (Lipinski definition) is 7. The molecule has 0 radical (unpaired) electrons. The summed E-state index contributed by atoms with van der Waals surface area (Å²) < 4.78 is 7.21. The second kappa shape index (κ2) is 8.75. The van der Waals surface area contributed by atoms with Crippen molar-refractivity contribution in [2.24, 2.45) is 0 Å². The predicted molar refractivity (Wildman–Crippen MR) is 112 cm³/mol. The molecule has 1 aliphatic carbocycles. The molecule has 154 valence electrons. The number of hydrogen-bond donors (Lipinski definition) is 3. The van der Waals surface area contributed by atoms with E-state index in [9.17, 15) is 5.11 Å². The molecule has 4 N–H and O–H groups in total. The minimum Gasteiger partial charge on any atom is -0.495 e. The third-order valence-corrected chi connectivity index (χ3v) is 5.32. The van der Waals surface area contributed by atoms with Gasteiger partial charge in [0.05, 0.1) is 25.6 Å². The zero-order valence-corrected chi connectivity index (χ0v) is 16.8. The fraction of sp³-hybridized carbons (Fsp3) is 0.476. The number of pyridine rings is 1. The number of nitrogens with one attached hydrogen (secondary N) is 1. The van der Waals surface area contributed by atoms with Gasteiger partial charge in [0.15, 0.2) is 5.65 Å². The Morgan fingerprint density at radius 2 is 2.03 bits per heavy atom. The van der Waals surface area contributed by atoms with Crippen LogP contribution in [0.5, 0.6) is 5.75 Å². The molecule has 2 fully saturated rings. The number of anilines is 1. The van der Waals surface area contributed by atoms with Crippen molar-refractivity contribution in [3.05, 3.63) is 35.7 Å². The van der Waals surface area contributed by atoms with Crippen LogP contribution in [0.25, 0.3) is 17.0 Å². The fourth-order valence-corrected chi connectivity index (χ4v) is 3.47. The summed E-state index contributed by atoms with van der Waals surface area (Å²) in [5, 5.41) is 17.2. The van der Waals surface area contributed by atoms with Crippen LogP contribution in [-0.4, -0.2) is 44.9 Å². The SMILES string of the molecule is C1CCNCC1.COc1cc2ncc(-c3ccc(CO)c(N)n3)n2nc1C1CC1. The molecule has 1 saturated heterocycles. The predicted octanol–water partition coefficient (Wildman–Crippen LogP) is 2.51. The number of aromatic nitrogens is 4. The number of piperidine rings is 1. The quantitative estimate of drug-likeness (QED) is 0.621. The highest BCUT2D eigenvalue weighted by Gasteiger charge is 2.29. The molecule has 0 atom stereocenters. The van der Waals surface area contributed by atoms with Crippen molar-refractivity contribution in [2.75, 3.05) is 25.9 Å². The Morgan fingerprint density at radius 3 is 2.59 bits per heavy atom. The monoisotopic (exact) mass is 396 g/mol. The lowest BCUT2D eigenvalue weighted by Crippen LogP contribution is -2.21. The van der Waals surface area contributed by atoms with Gasteiger partial charge in [-0.3, -0.25) is 0 Å². The van der Waals surface area contributed by atoms with E-state index in [1.807, 2.05) is 12.1 Å². The van der Waals surface area contributed by atoms with Gasteiger partial charge in [-0.25, -0.2) is 14.5 Å². The van der Waals surface area contributed by atoms with Gasteiger partial charge in [0.1, 0.15) is 23.0 Å². The highest BCUT2D eigenvalue weighted by molar-refractivity contribution is 5.63. The van der Waals surface area contributed by atoms with Gasteiger partial charge < -0.3 is 20.9 Å². The van der Waals surface area contributed by atoms with Crippen LogP contribution < -0.4 is 15.8 Å². The number of nitrogen functional groups attached to an aromatic ring is 1. The highest BCUT2D eigenvalue weighted by Crippen LogP contribution is 2.43. The Hall–Kier alpha value is -2.71. The number of methoxy groups -OCH3 is 1. The van der Waals surface area contributed by atoms with E-state index < -0.39 is 0 Å². The standard InChI is InChI=1S/C16H17N5O2.C5H11N/c1-23-13-6-14-18-7-12(21(14)20-15(13)9-2-3-9)11-5-4-10(8-22)16(17)19-11;1-2-4-6-5-3-1/h4-7,9,22H,2-3,8H2,1H3,(H2,17,19);6H,1-5H2. The summed E-state index contributed by atoms with van der Waals surface area (Å²) in [7, 11) is 1.65. The van der Waals surface area contributed by atoms with E-state index in [1.54, 1.807) is 23.9 Å². The van der Waals surface area contributed by atoms with E-state index in [-0.39, 0.29) is 6.61 Å². The van der Waals surface area contributed by atoms with Gasteiger partial charge in [-0.2, -0.15) is 5.10 Å². The van der Waals surface area contributed by atoms with Gasteiger partial charge in [0.2, 0.25) is 0 Å². The van der Waals surface area contributed by atoms with Crippen LogP contribution >= 0.6 is 0 Å². The normalized spacial score (nSPS) is 16.3. The molecule has 3 aromatic rings. The van der Waals surface area contributed by atoms with Crippen molar-refractivity contribution < 1.29 is 9.84 Å². The zero-order chi connectivity index (χ0) is 20.2. The van der Waals surface area contributed by atoms with Crippen LogP contribution in [0.4, 0.5) is 5.82 Å². The van der Waals surface area contributed by atoms with Gasteiger partial charge in [-0.1, -0.05) is 12.5 Å². The molecular formula is C21H28N6O2. The molecule has 0 unspecified atom stereocenters. The summed E-state index contributed by atoms with van der Waals surface area (Å²) >= 11 is 0. The Kier molecular flexibility index (Phi) is 5.92. The van der Waals surface area contributed by atoms with E-state index in [0.29, 0.717) is 28.6 Å². The number of aliphatic hydroxyl groups excluding tert-OH is 1. The van der Waals surface area contributed by atoms with E-state index in [4.69, 9.17) is 15.6 Å². The second-order valence-electron chi connectivity index (χ2n) is 7.50. The van der Waals surface area contributed by atoms with Crippen LogP contribution in [0.2, 0.25) is 0 Å². The van der Waals surface area contributed by atoms with Crippen LogP contribution in [0, 0.1) is 0 Å². The lowest BCUT2D eigenvalue weighted by atomic mass is 10.2. The molecule has 29 heavy (non-hydrogen) atoms. The summed E-state index contributed by atoms with van der Waals surface area (Å²) in [6.45, 7) is 2.37. The van der Waals surface area contributed by atoms with Crippen LogP contribution in [0.15, 0.2) is 24.4 Å². The maximum atomic E-state index is 9.21. The molecule has 0 aromatic carbocycles. The van der Waals surface area contributed by atoms with Crippen LogP contribution in [0.3, 0.4) is 0 Å². The number of imidazole rings is 1. The molecule has 3 aromatic heterocycles. The van der Waals surface area contributed by atoms with Gasteiger partial charge in [0.25, 0.3) is 0 Å². The first-order valence-electron chi connectivity index (χ1n) is 10.2. The first-order valence-corrected chi connectivity index (χ1v) is 10.2. The van der Waals surface area contributed by atoms with Gasteiger partial charge in [-0.05, 0) is 44.8 Å². The number of rotatable bonds is 4. The number of aliphatic hydroxyl groups is 1. The Balaban J connectivity index is 0.000000294. The van der Waals surface area contributed by atoms with E-state index in [1.165, 1.54) is 32.4 Å². The molecule has 4 heterocycles. The topological polar surface area (TPSA) is 111 Å². The summed E-state index contributed by atoms with van der Waals surface area (Å²) in [4.78, 5) is 8.74. The lowest BCUT2D eigenvalue weighted by Gasteiger charge is -2.09. The van der Waals surface area contributed by atoms with Crippen LogP contribution in [-0.2, 0) is 6.61 Å². The number of nitrogens with zero attached hydrogens (tertiary/aromatic N) is 4. The summed E-state index contributed by atoms with van der Waals surface area (Å²) in [5.74, 6) is 1.55. The smallest absolute Gasteiger partial charge is 0.157 e.